The van der Waals surface area contributed by atoms with Gasteiger partial charge in [0, 0.05) is 10.4 Å². The van der Waals surface area contributed by atoms with Crippen LogP contribution in [0.2, 0.25) is 0 Å². The van der Waals surface area contributed by atoms with Gasteiger partial charge in [-0.15, -0.1) is 11.3 Å². The molecule has 9 heteroatoms. The van der Waals surface area contributed by atoms with Gasteiger partial charge in [-0.05, 0) is 61.1 Å². The number of carbonyl (C=O) groups excluding carboxylic acids is 1. The summed E-state index contributed by atoms with van der Waals surface area (Å²) in [4.78, 5) is 17.0. The molecule has 2 aromatic carbocycles. The molecule has 0 bridgehead atoms. The number of thiazole rings is 1. The topological polar surface area (TPSA) is 68.7 Å². The quantitative estimate of drug-likeness (QED) is 0.336. The Balaban J connectivity index is 1.71. The van der Waals surface area contributed by atoms with Crippen molar-refractivity contribution in [3.05, 3.63) is 69.7 Å². The minimum atomic E-state index is -4.38. The fourth-order valence-corrected chi connectivity index (χ4v) is 4.83. The van der Waals surface area contributed by atoms with Crippen molar-refractivity contribution in [1.82, 2.24) is 4.98 Å². The number of benzene rings is 2. The molecule has 5 nitrogen and oxygen atoms in total. The largest absolute Gasteiger partial charge is 0.482 e. The highest BCUT2D eigenvalue weighted by Gasteiger charge is 2.30. The summed E-state index contributed by atoms with van der Waals surface area (Å²) in [5.41, 5.74) is 2.35. The zero-order chi connectivity index (χ0) is 25.8. The van der Waals surface area contributed by atoms with Crippen molar-refractivity contribution in [2.45, 2.75) is 51.8 Å². The van der Waals surface area contributed by atoms with Crippen LogP contribution >= 0.6 is 11.3 Å². The Morgan fingerprint density at radius 2 is 1.83 bits per heavy atom. The average Bonchev–Trinajstić information content (AvgIpc) is 3.25. The molecular weight excluding hydrogens is 479 g/mol. The molecule has 0 aliphatic heterocycles. The number of rotatable bonds is 9. The number of hydrogen-bond acceptors (Lipinski definition) is 6. The highest BCUT2D eigenvalue weighted by molar-refractivity contribution is 7.15. The van der Waals surface area contributed by atoms with Crippen molar-refractivity contribution in [2.24, 2.45) is 0 Å². The maximum Gasteiger partial charge on any atom is 0.416 e. The molecular formula is C26H28F3NO4S. The first-order chi connectivity index (χ1) is 16.5. The second kappa shape index (κ2) is 11.2. The van der Waals surface area contributed by atoms with Crippen molar-refractivity contribution in [3.8, 4) is 16.3 Å². The fourth-order valence-electron chi connectivity index (χ4n) is 3.59. The predicted molar refractivity (Wildman–Crippen MR) is 129 cm³/mol. The van der Waals surface area contributed by atoms with E-state index in [1.807, 2.05) is 26.8 Å². The molecule has 0 unspecified atom stereocenters. The maximum absolute atomic E-state index is 12.9. The Kier molecular flexibility index (Phi) is 8.56. The monoisotopic (exact) mass is 507 g/mol. The van der Waals surface area contributed by atoms with Gasteiger partial charge in [0.1, 0.15) is 10.8 Å². The molecule has 188 valence electrons. The van der Waals surface area contributed by atoms with Crippen LogP contribution < -0.4 is 4.74 Å². The van der Waals surface area contributed by atoms with E-state index in [2.05, 4.69) is 4.74 Å². The molecule has 0 radical (unpaired) electrons. The number of alkyl halides is 3. The van der Waals surface area contributed by atoms with E-state index in [9.17, 15) is 23.1 Å². The summed E-state index contributed by atoms with van der Waals surface area (Å²) < 4.78 is 48.7. The van der Waals surface area contributed by atoms with Crippen LogP contribution in [0.3, 0.4) is 0 Å². The molecule has 3 aromatic rings. The van der Waals surface area contributed by atoms with Gasteiger partial charge in [0.2, 0.25) is 0 Å². The Labute approximate surface area is 206 Å². The lowest BCUT2D eigenvalue weighted by Crippen LogP contribution is -2.13. The second-order valence-electron chi connectivity index (χ2n) is 8.50. The highest BCUT2D eigenvalue weighted by atomic mass is 32.1. The van der Waals surface area contributed by atoms with E-state index in [0.29, 0.717) is 29.2 Å². The number of aliphatic hydroxyl groups is 1. The van der Waals surface area contributed by atoms with Crippen molar-refractivity contribution < 1.29 is 32.5 Å². The molecule has 1 heterocycles. The van der Waals surface area contributed by atoms with Crippen molar-refractivity contribution >= 4 is 17.3 Å². The second-order valence-corrected chi connectivity index (χ2v) is 9.59. The van der Waals surface area contributed by atoms with Gasteiger partial charge >= 0.3 is 12.1 Å². The minimum absolute atomic E-state index is 0.134. The van der Waals surface area contributed by atoms with Crippen LogP contribution in [-0.2, 0) is 22.1 Å². The van der Waals surface area contributed by atoms with E-state index < -0.39 is 23.8 Å². The number of halogens is 3. The van der Waals surface area contributed by atoms with Crippen LogP contribution in [0, 0.1) is 6.92 Å². The van der Waals surface area contributed by atoms with Gasteiger partial charge < -0.3 is 14.6 Å². The minimum Gasteiger partial charge on any atom is -0.482 e. The summed E-state index contributed by atoms with van der Waals surface area (Å²) in [7, 11) is 1.29. The van der Waals surface area contributed by atoms with Crippen LogP contribution in [0.1, 0.15) is 59.6 Å². The standard InChI is InChI=1S/C26H28F3NO4S/c1-15(2)24-22(35-25(30-24)17-5-8-19(9-6-17)26(27,28)29)12-10-20(31)18-7-11-21(16(3)13-18)34-14-23(32)33-4/h5-9,11,13,15,20,31H,10,12,14H2,1-4H3/t20-/m0/s1. The van der Waals surface area contributed by atoms with E-state index in [1.165, 1.54) is 30.6 Å². The number of carbonyl (C=O) groups is 1. The molecule has 0 aliphatic rings. The molecule has 1 N–H and O–H groups in total. The first-order valence-electron chi connectivity index (χ1n) is 11.1. The van der Waals surface area contributed by atoms with Crippen LogP contribution in [-0.4, -0.2) is 29.8 Å². The molecule has 3 rings (SSSR count). The van der Waals surface area contributed by atoms with Crippen LogP contribution in [0.4, 0.5) is 13.2 Å². The summed E-state index contributed by atoms with van der Waals surface area (Å²) >= 11 is 1.44. The average molecular weight is 508 g/mol. The normalized spacial score (nSPS) is 12.6. The number of hydrogen-bond donors (Lipinski definition) is 1. The zero-order valence-corrected chi connectivity index (χ0v) is 20.8. The third kappa shape index (κ3) is 6.82. The molecule has 0 amide bonds. The zero-order valence-electron chi connectivity index (χ0n) is 20.0. The summed E-state index contributed by atoms with van der Waals surface area (Å²) in [6, 6.07) is 10.3. The lowest BCUT2D eigenvalue weighted by molar-refractivity contribution is -0.143. The molecule has 35 heavy (non-hydrogen) atoms. The van der Waals surface area contributed by atoms with E-state index >= 15 is 0 Å². The third-order valence-electron chi connectivity index (χ3n) is 5.54. The summed E-state index contributed by atoms with van der Waals surface area (Å²) in [6.07, 6.45) is -4.07. The number of ether oxygens (including phenoxy) is 2. The Bertz CT molecular complexity index is 1160. The molecule has 0 aliphatic carbocycles. The number of nitrogens with zero attached hydrogens (tertiary/aromatic N) is 1. The number of aliphatic hydroxyl groups excluding tert-OH is 1. The van der Waals surface area contributed by atoms with Gasteiger partial charge in [0.25, 0.3) is 0 Å². The van der Waals surface area contributed by atoms with E-state index in [-0.39, 0.29) is 12.5 Å². The highest BCUT2D eigenvalue weighted by Crippen LogP contribution is 2.36. The molecule has 0 saturated heterocycles. The smallest absolute Gasteiger partial charge is 0.416 e. The number of aromatic nitrogens is 1. The van der Waals surface area contributed by atoms with Crippen LogP contribution in [0.15, 0.2) is 42.5 Å². The van der Waals surface area contributed by atoms with Crippen molar-refractivity contribution in [1.29, 1.82) is 0 Å². The van der Waals surface area contributed by atoms with E-state index in [1.54, 1.807) is 12.1 Å². The van der Waals surface area contributed by atoms with Gasteiger partial charge in [-0.2, -0.15) is 13.2 Å². The lowest BCUT2D eigenvalue weighted by atomic mass is 10.00. The molecule has 1 aromatic heterocycles. The molecule has 0 fully saturated rings. The van der Waals surface area contributed by atoms with Crippen molar-refractivity contribution in [3.63, 3.8) is 0 Å². The van der Waals surface area contributed by atoms with Crippen LogP contribution in [0.5, 0.6) is 5.75 Å². The first kappa shape index (κ1) is 26.7. The van der Waals surface area contributed by atoms with Gasteiger partial charge in [0.05, 0.1) is 24.5 Å². The Hall–Kier alpha value is -2.91. The van der Waals surface area contributed by atoms with Gasteiger partial charge in [-0.1, -0.05) is 32.0 Å². The predicted octanol–water partition coefficient (Wildman–Crippen LogP) is 6.48. The third-order valence-corrected chi connectivity index (χ3v) is 6.72. The SMILES string of the molecule is COC(=O)COc1ccc([C@@H](O)CCc2sc(-c3ccc(C(F)(F)F)cc3)nc2C(C)C)cc1C. The number of esters is 1. The number of methoxy groups -OCH3 is 1. The molecule has 1 atom stereocenters. The van der Waals surface area contributed by atoms with E-state index in [0.717, 1.165) is 33.8 Å². The maximum atomic E-state index is 12.9. The van der Waals surface area contributed by atoms with Crippen molar-refractivity contribution in [2.75, 3.05) is 13.7 Å². The lowest BCUT2D eigenvalue weighted by Gasteiger charge is -2.14. The molecule has 0 spiro atoms. The summed E-state index contributed by atoms with van der Waals surface area (Å²) in [5, 5.41) is 11.4. The summed E-state index contributed by atoms with van der Waals surface area (Å²) in [6.45, 7) is 5.67. The van der Waals surface area contributed by atoms with E-state index in [4.69, 9.17) is 9.72 Å². The molecule has 0 saturated carbocycles. The first-order valence-corrected chi connectivity index (χ1v) is 12.0. The van der Waals surface area contributed by atoms with Gasteiger partial charge in [-0.3, -0.25) is 0 Å². The van der Waals surface area contributed by atoms with Crippen LogP contribution in [0.25, 0.3) is 10.6 Å². The number of aryl methyl sites for hydroxylation is 2. The fraction of sp³-hybridized carbons (Fsp3) is 0.385. The van der Waals surface area contributed by atoms with Gasteiger partial charge in [-0.25, -0.2) is 9.78 Å². The Morgan fingerprint density at radius 3 is 2.40 bits per heavy atom. The van der Waals surface area contributed by atoms with Gasteiger partial charge in [0.15, 0.2) is 6.61 Å². The summed E-state index contributed by atoms with van der Waals surface area (Å²) in [5.74, 6) is 0.196. The Morgan fingerprint density at radius 1 is 1.14 bits per heavy atom.